The lowest BCUT2D eigenvalue weighted by molar-refractivity contribution is 0.560. The number of anilines is 1. The van der Waals surface area contributed by atoms with Gasteiger partial charge in [0.2, 0.25) is 0 Å². The highest BCUT2D eigenvalue weighted by Gasteiger charge is 2.00. The largest absolute Gasteiger partial charge is 0.384 e. The molecule has 0 aliphatic carbocycles. The van der Waals surface area contributed by atoms with Crippen molar-refractivity contribution in [1.29, 1.82) is 0 Å². The monoisotopic (exact) mass is 405 g/mol. The van der Waals surface area contributed by atoms with Gasteiger partial charge < -0.3 is 5.32 Å². The Balaban J connectivity index is 1.93. The van der Waals surface area contributed by atoms with Crippen LogP contribution in [-0.4, -0.2) is 6.54 Å². The summed E-state index contributed by atoms with van der Waals surface area (Å²) in [6, 6.07) is 4.91. The highest BCUT2D eigenvalue weighted by molar-refractivity contribution is 14.1. The van der Waals surface area contributed by atoms with E-state index in [0.29, 0.717) is 0 Å². The van der Waals surface area contributed by atoms with E-state index in [0.717, 1.165) is 15.8 Å². The van der Waals surface area contributed by atoms with Gasteiger partial charge in [-0.15, -0.1) is 0 Å². The summed E-state index contributed by atoms with van der Waals surface area (Å²) in [4.78, 5) is 0. The molecule has 0 unspecified atom stereocenters. The van der Waals surface area contributed by atoms with Crippen LogP contribution >= 0.6 is 22.6 Å². The standard InChI is InChI=1S/C18H29FIN/c1-2-3-4-5-6-7-8-9-10-11-14-21-18-13-12-16(19)15-17(18)20/h12-13,15,21H,2-11,14H2,1H3. The second kappa shape index (κ2) is 12.2. The lowest BCUT2D eigenvalue weighted by atomic mass is 10.1. The molecule has 1 nitrogen and oxygen atoms in total. The third kappa shape index (κ3) is 9.33. The summed E-state index contributed by atoms with van der Waals surface area (Å²) in [5, 5.41) is 3.39. The Bertz CT molecular complexity index is 381. The van der Waals surface area contributed by atoms with Crippen LogP contribution in [0.25, 0.3) is 0 Å². The fourth-order valence-corrected chi connectivity index (χ4v) is 3.14. The van der Waals surface area contributed by atoms with Crippen molar-refractivity contribution in [2.45, 2.75) is 71.1 Å². The van der Waals surface area contributed by atoms with E-state index in [9.17, 15) is 4.39 Å². The molecule has 0 atom stereocenters. The molecule has 3 heteroatoms. The molecule has 0 saturated carbocycles. The molecule has 0 aliphatic heterocycles. The number of hydrogen-bond donors (Lipinski definition) is 1. The maximum absolute atomic E-state index is 13.0. The van der Waals surface area contributed by atoms with Crippen molar-refractivity contribution in [2.75, 3.05) is 11.9 Å². The van der Waals surface area contributed by atoms with Gasteiger partial charge >= 0.3 is 0 Å². The lowest BCUT2D eigenvalue weighted by Crippen LogP contribution is -2.03. The third-order valence-corrected chi connectivity index (χ3v) is 4.67. The van der Waals surface area contributed by atoms with Gasteiger partial charge in [-0.05, 0) is 47.2 Å². The zero-order valence-corrected chi connectivity index (χ0v) is 15.4. The molecule has 120 valence electrons. The Kier molecular flexibility index (Phi) is 10.9. The van der Waals surface area contributed by atoms with E-state index < -0.39 is 0 Å². The number of rotatable bonds is 12. The van der Waals surface area contributed by atoms with Gasteiger partial charge in [0, 0.05) is 15.8 Å². The van der Waals surface area contributed by atoms with Crippen molar-refractivity contribution in [3.05, 3.63) is 27.6 Å². The van der Waals surface area contributed by atoms with Crippen LogP contribution in [0.1, 0.15) is 71.1 Å². The summed E-state index contributed by atoms with van der Waals surface area (Å²) in [5.74, 6) is -0.163. The number of hydrogen-bond acceptors (Lipinski definition) is 1. The van der Waals surface area contributed by atoms with E-state index in [-0.39, 0.29) is 5.82 Å². The van der Waals surface area contributed by atoms with Gasteiger partial charge in [-0.3, -0.25) is 0 Å². The second-order valence-corrected chi connectivity index (χ2v) is 6.90. The van der Waals surface area contributed by atoms with Crippen molar-refractivity contribution < 1.29 is 4.39 Å². The van der Waals surface area contributed by atoms with Crippen LogP contribution in [0.5, 0.6) is 0 Å². The predicted octanol–water partition coefficient (Wildman–Crippen LogP) is 6.76. The number of halogens is 2. The van der Waals surface area contributed by atoms with Crippen molar-refractivity contribution in [3.8, 4) is 0 Å². The first-order chi connectivity index (χ1) is 10.2. The van der Waals surface area contributed by atoms with Gasteiger partial charge in [0.05, 0.1) is 0 Å². The molecular weight excluding hydrogens is 376 g/mol. The SMILES string of the molecule is CCCCCCCCCCCCNc1ccc(F)cc1I. The Morgan fingerprint density at radius 3 is 2.05 bits per heavy atom. The molecule has 1 aromatic rings. The molecule has 0 saturated heterocycles. The fraction of sp³-hybridized carbons (Fsp3) is 0.667. The zero-order chi connectivity index (χ0) is 15.3. The Hall–Kier alpha value is -0.320. The van der Waals surface area contributed by atoms with Crippen LogP contribution in [0, 0.1) is 9.39 Å². The van der Waals surface area contributed by atoms with Gasteiger partial charge in [-0.1, -0.05) is 64.7 Å². The van der Waals surface area contributed by atoms with Gasteiger partial charge in [0.15, 0.2) is 0 Å². The molecule has 0 spiro atoms. The first kappa shape index (κ1) is 18.7. The van der Waals surface area contributed by atoms with Crippen molar-refractivity contribution in [3.63, 3.8) is 0 Å². The maximum atomic E-state index is 13.0. The summed E-state index contributed by atoms with van der Waals surface area (Å²) in [6.07, 6.45) is 13.6. The molecule has 0 bridgehead atoms. The van der Waals surface area contributed by atoms with Crippen molar-refractivity contribution >= 4 is 28.3 Å². The van der Waals surface area contributed by atoms with E-state index in [4.69, 9.17) is 0 Å². The highest BCUT2D eigenvalue weighted by Crippen LogP contribution is 2.19. The second-order valence-electron chi connectivity index (χ2n) is 5.73. The van der Waals surface area contributed by atoms with Crippen LogP contribution in [0.15, 0.2) is 18.2 Å². The molecule has 21 heavy (non-hydrogen) atoms. The first-order valence-corrected chi connectivity index (χ1v) is 9.51. The highest BCUT2D eigenvalue weighted by atomic mass is 127. The molecule has 1 aromatic carbocycles. The molecule has 0 heterocycles. The number of benzene rings is 1. The van der Waals surface area contributed by atoms with E-state index in [1.807, 2.05) is 6.07 Å². The zero-order valence-electron chi connectivity index (χ0n) is 13.3. The van der Waals surface area contributed by atoms with Crippen LogP contribution in [0.3, 0.4) is 0 Å². The van der Waals surface area contributed by atoms with Crippen LogP contribution in [0.4, 0.5) is 10.1 Å². The van der Waals surface area contributed by atoms with Crippen LogP contribution in [0.2, 0.25) is 0 Å². The molecule has 0 aromatic heterocycles. The molecule has 0 fully saturated rings. The summed E-state index contributed by atoms with van der Waals surface area (Å²) < 4.78 is 13.9. The Labute approximate surface area is 143 Å². The maximum Gasteiger partial charge on any atom is 0.124 e. The first-order valence-electron chi connectivity index (χ1n) is 8.43. The predicted molar refractivity (Wildman–Crippen MR) is 99.5 cm³/mol. The average Bonchev–Trinajstić information content (AvgIpc) is 2.46. The van der Waals surface area contributed by atoms with Gasteiger partial charge in [0.25, 0.3) is 0 Å². The summed E-state index contributed by atoms with van der Waals surface area (Å²) in [5.41, 5.74) is 1.05. The summed E-state index contributed by atoms with van der Waals surface area (Å²) in [6.45, 7) is 3.25. The summed E-state index contributed by atoms with van der Waals surface area (Å²) in [7, 11) is 0. The number of unbranched alkanes of at least 4 members (excludes halogenated alkanes) is 9. The normalized spacial score (nSPS) is 10.8. The Morgan fingerprint density at radius 2 is 1.48 bits per heavy atom. The molecule has 1 rings (SSSR count). The Morgan fingerprint density at radius 1 is 0.905 bits per heavy atom. The molecular formula is C18H29FIN. The van der Waals surface area contributed by atoms with E-state index in [1.54, 1.807) is 6.07 Å². The fourth-order valence-electron chi connectivity index (χ4n) is 2.47. The minimum Gasteiger partial charge on any atom is -0.384 e. The number of nitrogens with one attached hydrogen (secondary N) is 1. The average molecular weight is 405 g/mol. The molecule has 0 radical (unpaired) electrons. The van der Waals surface area contributed by atoms with Crippen LogP contribution < -0.4 is 5.32 Å². The molecule has 0 aliphatic rings. The van der Waals surface area contributed by atoms with E-state index in [1.165, 1.54) is 70.3 Å². The summed E-state index contributed by atoms with van der Waals surface area (Å²) >= 11 is 2.18. The van der Waals surface area contributed by atoms with Gasteiger partial charge in [-0.25, -0.2) is 4.39 Å². The minimum absolute atomic E-state index is 0.163. The lowest BCUT2D eigenvalue weighted by Gasteiger charge is -2.08. The van der Waals surface area contributed by atoms with Crippen molar-refractivity contribution in [2.24, 2.45) is 0 Å². The van der Waals surface area contributed by atoms with Crippen molar-refractivity contribution in [1.82, 2.24) is 0 Å². The van der Waals surface area contributed by atoms with Gasteiger partial charge in [-0.2, -0.15) is 0 Å². The molecule has 1 N–H and O–H groups in total. The smallest absolute Gasteiger partial charge is 0.124 e. The van der Waals surface area contributed by atoms with Gasteiger partial charge in [0.1, 0.15) is 5.82 Å². The van der Waals surface area contributed by atoms with E-state index >= 15 is 0 Å². The third-order valence-electron chi connectivity index (χ3n) is 3.78. The topological polar surface area (TPSA) is 12.0 Å². The minimum atomic E-state index is -0.163. The van der Waals surface area contributed by atoms with Crippen LogP contribution in [-0.2, 0) is 0 Å². The quantitative estimate of drug-likeness (QED) is 0.299. The van der Waals surface area contributed by atoms with E-state index in [2.05, 4.69) is 34.8 Å². The molecule has 0 amide bonds.